The fourth-order valence-corrected chi connectivity index (χ4v) is 1.99. The molecule has 6 N–H and O–H groups in total. The van der Waals surface area contributed by atoms with Crippen molar-refractivity contribution in [2.24, 2.45) is 0 Å². The SMILES string of the molecule is Nc1ccc(C(OCC(O)CO)c2ccc(N)cc2)cc1. The molecule has 5 heteroatoms. The van der Waals surface area contributed by atoms with E-state index in [0.717, 1.165) is 11.1 Å². The van der Waals surface area contributed by atoms with Crippen molar-refractivity contribution in [1.82, 2.24) is 0 Å². The van der Waals surface area contributed by atoms with E-state index in [2.05, 4.69) is 0 Å². The van der Waals surface area contributed by atoms with E-state index >= 15 is 0 Å². The fraction of sp³-hybridized carbons (Fsp3) is 0.250. The predicted molar refractivity (Wildman–Crippen MR) is 82.6 cm³/mol. The molecule has 0 aliphatic carbocycles. The van der Waals surface area contributed by atoms with Crippen molar-refractivity contribution in [2.75, 3.05) is 24.7 Å². The summed E-state index contributed by atoms with van der Waals surface area (Å²) in [6.07, 6.45) is -1.26. The fourth-order valence-electron chi connectivity index (χ4n) is 1.99. The second kappa shape index (κ2) is 7.08. The van der Waals surface area contributed by atoms with Crippen molar-refractivity contribution < 1.29 is 14.9 Å². The molecule has 0 saturated heterocycles. The zero-order valence-electron chi connectivity index (χ0n) is 11.6. The van der Waals surface area contributed by atoms with Gasteiger partial charge in [0.05, 0.1) is 13.2 Å². The molecule has 0 aromatic heterocycles. The van der Waals surface area contributed by atoms with Gasteiger partial charge in [0.1, 0.15) is 12.2 Å². The molecule has 0 heterocycles. The van der Waals surface area contributed by atoms with Crippen LogP contribution in [0.2, 0.25) is 0 Å². The van der Waals surface area contributed by atoms with Gasteiger partial charge in [0.15, 0.2) is 0 Å². The van der Waals surface area contributed by atoms with Crippen LogP contribution in [0.4, 0.5) is 11.4 Å². The molecule has 112 valence electrons. The van der Waals surface area contributed by atoms with Crippen molar-refractivity contribution >= 4 is 11.4 Å². The van der Waals surface area contributed by atoms with E-state index in [1.54, 1.807) is 24.3 Å². The Bertz CT molecular complexity index is 509. The maximum Gasteiger partial charge on any atom is 0.108 e. The number of benzene rings is 2. The average Bonchev–Trinajstić information content (AvgIpc) is 2.50. The number of hydrogen-bond acceptors (Lipinski definition) is 5. The third-order valence-electron chi connectivity index (χ3n) is 3.14. The molecule has 0 spiro atoms. The van der Waals surface area contributed by atoms with Gasteiger partial charge in [-0.3, -0.25) is 0 Å². The highest BCUT2D eigenvalue weighted by molar-refractivity contribution is 5.44. The summed E-state index contributed by atoms with van der Waals surface area (Å²) in [5, 5.41) is 18.4. The Morgan fingerprint density at radius 1 is 0.857 bits per heavy atom. The smallest absolute Gasteiger partial charge is 0.108 e. The second-order valence-corrected chi connectivity index (χ2v) is 4.88. The minimum Gasteiger partial charge on any atom is -0.399 e. The predicted octanol–water partition coefficient (Wildman–Crippen LogP) is 1.31. The number of nitrogen functional groups attached to an aromatic ring is 2. The maximum atomic E-state index is 9.47. The zero-order chi connectivity index (χ0) is 15.2. The van der Waals surface area contributed by atoms with E-state index in [9.17, 15) is 5.11 Å². The quantitative estimate of drug-likeness (QED) is 0.600. The molecule has 21 heavy (non-hydrogen) atoms. The van der Waals surface area contributed by atoms with Crippen molar-refractivity contribution in [3.63, 3.8) is 0 Å². The van der Waals surface area contributed by atoms with Crippen molar-refractivity contribution in [3.05, 3.63) is 59.7 Å². The van der Waals surface area contributed by atoms with Gasteiger partial charge in [0.2, 0.25) is 0 Å². The van der Waals surface area contributed by atoms with Crippen LogP contribution >= 0.6 is 0 Å². The highest BCUT2D eigenvalue weighted by Crippen LogP contribution is 2.27. The molecule has 2 rings (SSSR count). The summed E-state index contributed by atoms with van der Waals surface area (Å²) >= 11 is 0. The van der Waals surface area contributed by atoms with Gasteiger partial charge in [0.25, 0.3) is 0 Å². The Morgan fingerprint density at radius 2 is 1.29 bits per heavy atom. The number of anilines is 2. The minimum atomic E-state index is -0.907. The first kappa shape index (κ1) is 15.3. The van der Waals surface area contributed by atoms with Crippen LogP contribution in [0.3, 0.4) is 0 Å². The first-order valence-electron chi connectivity index (χ1n) is 6.71. The van der Waals surface area contributed by atoms with Crippen LogP contribution in [0.25, 0.3) is 0 Å². The van der Waals surface area contributed by atoms with Gasteiger partial charge in [0, 0.05) is 11.4 Å². The monoisotopic (exact) mass is 288 g/mol. The molecule has 1 unspecified atom stereocenters. The molecule has 5 nitrogen and oxygen atoms in total. The third-order valence-corrected chi connectivity index (χ3v) is 3.14. The molecule has 2 aromatic rings. The van der Waals surface area contributed by atoms with E-state index in [-0.39, 0.29) is 19.3 Å². The van der Waals surface area contributed by atoms with Crippen LogP contribution in [0, 0.1) is 0 Å². The topological polar surface area (TPSA) is 102 Å². The van der Waals surface area contributed by atoms with Gasteiger partial charge in [-0.15, -0.1) is 0 Å². The summed E-state index contributed by atoms with van der Waals surface area (Å²) in [6.45, 7) is -0.299. The number of hydrogen-bond donors (Lipinski definition) is 4. The number of nitrogens with two attached hydrogens (primary N) is 2. The number of rotatable bonds is 6. The molecule has 0 aliphatic heterocycles. The van der Waals surface area contributed by atoms with Gasteiger partial charge >= 0.3 is 0 Å². The molecular weight excluding hydrogens is 268 g/mol. The van der Waals surface area contributed by atoms with Gasteiger partial charge < -0.3 is 26.4 Å². The Morgan fingerprint density at radius 3 is 1.67 bits per heavy atom. The molecule has 0 radical (unpaired) electrons. The van der Waals surface area contributed by atoms with Gasteiger partial charge in [-0.1, -0.05) is 24.3 Å². The van der Waals surface area contributed by atoms with E-state index in [0.29, 0.717) is 11.4 Å². The summed E-state index contributed by atoms with van der Waals surface area (Å²) in [6, 6.07) is 14.7. The van der Waals surface area contributed by atoms with Crippen LogP contribution in [0.5, 0.6) is 0 Å². The molecule has 0 fully saturated rings. The lowest BCUT2D eigenvalue weighted by molar-refractivity contribution is -0.0167. The normalized spacial score (nSPS) is 12.5. The van der Waals surface area contributed by atoms with Gasteiger partial charge in [-0.25, -0.2) is 0 Å². The zero-order valence-corrected chi connectivity index (χ0v) is 11.6. The minimum absolute atomic E-state index is 0.0376. The van der Waals surface area contributed by atoms with E-state index in [1.165, 1.54) is 0 Å². The molecule has 0 saturated carbocycles. The largest absolute Gasteiger partial charge is 0.399 e. The summed E-state index contributed by atoms with van der Waals surface area (Å²) in [5.41, 5.74) is 14.6. The Kier molecular flexibility index (Phi) is 5.16. The lowest BCUT2D eigenvalue weighted by atomic mass is 10.0. The Hall–Kier alpha value is -2.08. The van der Waals surface area contributed by atoms with Crippen LogP contribution < -0.4 is 11.5 Å². The molecule has 1 atom stereocenters. The molecule has 0 aliphatic rings. The molecule has 0 bridgehead atoms. The van der Waals surface area contributed by atoms with Crippen molar-refractivity contribution in [1.29, 1.82) is 0 Å². The van der Waals surface area contributed by atoms with Crippen LogP contribution in [0.1, 0.15) is 17.2 Å². The Labute approximate surface area is 123 Å². The van der Waals surface area contributed by atoms with Crippen molar-refractivity contribution in [3.8, 4) is 0 Å². The van der Waals surface area contributed by atoms with E-state index in [1.807, 2.05) is 24.3 Å². The highest BCUT2D eigenvalue weighted by atomic mass is 16.5. The number of ether oxygens (including phenoxy) is 1. The van der Waals surface area contributed by atoms with Gasteiger partial charge in [-0.05, 0) is 35.4 Å². The third kappa shape index (κ3) is 4.19. The van der Waals surface area contributed by atoms with E-state index < -0.39 is 6.10 Å². The highest BCUT2D eigenvalue weighted by Gasteiger charge is 2.16. The molecule has 2 aromatic carbocycles. The Balaban J connectivity index is 2.25. The first-order valence-corrected chi connectivity index (χ1v) is 6.71. The average molecular weight is 288 g/mol. The van der Waals surface area contributed by atoms with Crippen LogP contribution in [-0.4, -0.2) is 29.5 Å². The standard InChI is InChI=1S/C16H20N2O3/c17-13-5-1-11(2-6-13)16(21-10-15(20)9-19)12-3-7-14(18)8-4-12/h1-8,15-16,19-20H,9-10,17-18H2. The lowest BCUT2D eigenvalue weighted by Gasteiger charge is -2.20. The second-order valence-electron chi connectivity index (χ2n) is 4.88. The number of aliphatic hydroxyl groups excluding tert-OH is 2. The van der Waals surface area contributed by atoms with Crippen LogP contribution in [0.15, 0.2) is 48.5 Å². The molecular formula is C16H20N2O3. The molecule has 0 amide bonds. The van der Waals surface area contributed by atoms with Gasteiger partial charge in [-0.2, -0.15) is 0 Å². The maximum absolute atomic E-state index is 9.47. The van der Waals surface area contributed by atoms with Crippen molar-refractivity contribution in [2.45, 2.75) is 12.2 Å². The summed E-state index contributed by atoms with van der Waals surface area (Å²) < 4.78 is 5.76. The van der Waals surface area contributed by atoms with E-state index in [4.69, 9.17) is 21.3 Å². The summed E-state index contributed by atoms with van der Waals surface area (Å²) in [4.78, 5) is 0. The lowest BCUT2D eigenvalue weighted by Crippen LogP contribution is -2.21. The summed E-state index contributed by atoms with van der Waals surface area (Å²) in [5.74, 6) is 0. The summed E-state index contributed by atoms with van der Waals surface area (Å²) in [7, 11) is 0. The number of aliphatic hydroxyl groups is 2. The van der Waals surface area contributed by atoms with Crippen LogP contribution in [-0.2, 0) is 4.74 Å². The first-order chi connectivity index (χ1) is 10.1.